The molecule has 0 bridgehead atoms. The summed E-state index contributed by atoms with van der Waals surface area (Å²) < 4.78 is 10.5. The molecule has 2 aliphatic rings. The first-order valence-electron chi connectivity index (χ1n) is 8.78. The lowest BCUT2D eigenvalue weighted by Crippen LogP contribution is -2.41. The maximum Gasteiger partial charge on any atom is 0.410 e. The van der Waals surface area contributed by atoms with Gasteiger partial charge >= 0.3 is 12.1 Å². The number of hydrogen-bond acceptors (Lipinski definition) is 4. The number of allylic oxidation sites excluding steroid dienone is 1. The second-order valence-corrected chi connectivity index (χ2v) is 7.66. The van der Waals surface area contributed by atoms with Gasteiger partial charge in [0.25, 0.3) is 0 Å². The van der Waals surface area contributed by atoms with Crippen LogP contribution in [0.4, 0.5) is 4.79 Å². The van der Waals surface area contributed by atoms with E-state index in [-0.39, 0.29) is 12.1 Å². The highest BCUT2D eigenvalue weighted by atomic mass is 16.6. The predicted molar refractivity (Wildman–Crippen MR) is 95.1 cm³/mol. The van der Waals surface area contributed by atoms with E-state index in [4.69, 9.17) is 9.47 Å². The van der Waals surface area contributed by atoms with Crippen LogP contribution in [0.3, 0.4) is 0 Å². The molecule has 0 unspecified atom stereocenters. The van der Waals surface area contributed by atoms with Crippen LogP contribution >= 0.6 is 0 Å². The van der Waals surface area contributed by atoms with Crippen LogP contribution in [-0.2, 0) is 16.1 Å². The van der Waals surface area contributed by atoms with Gasteiger partial charge in [0.15, 0.2) is 0 Å². The van der Waals surface area contributed by atoms with Crippen molar-refractivity contribution in [1.82, 2.24) is 4.90 Å². The molecular weight excluding hydrogens is 318 g/mol. The van der Waals surface area contributed by atoms with E-state index in [9.17, 15) is 9.59 Å². The molecule has 0 N–H and O–H groups in total. The number of likely N-dealkylation sites (tertiary alicyclic amines) is 1. The number of carbonyl (C=O) groups excluding carboxylic acids is 2. The summed E-state index contributed by atoms with van der Waals surface area (Å²) in [6.07, 6.45) is 5.94. The monoisotopic (exact) mass is 343 g/mol. The minimum Gasteiger partial charge on any atom is -0.457 e. The van der Waals surface area contributed by atoms with Crippen LogP contribution in [0.2, 0.25) is 0 Å². The third-order valence-electron chi connectivity index (χ3n) is 4.46. The third-order valence-corrected chi connectivity index (χ3v) is 4.46. The highest BCUT2D eigenvalue weighted by Crippen LogP contribution is 2.24. The SMILES string of the molecule is CC(C)(C)OC(=O)N1CCC(C=Cc2ccc3c(c2)COC3=O)CC1. The number of ether oxygens (including phenoxy) is 2. The number of piperidine rings is 1. The van der Waals surface area contributed by atoms with Gasteiger partial charge in [-0.2, -0.15) is 0 Å². The Bertz CT molecular complexity index is 694. The standard InChI is InChI=1S/C20H25NO4/c1-20(2,3)25-19(23)21-10-8-14(9-11-21)4-5-15-6-7-17-16(12-15)13-24-18(17)22/h4-7,12,14H,8-11,13H2,1-3H3. The number of hydrogen-bond donors (Lipinski definition) is 0. The quantitative estimate of drug-likeness (QED) is 0.761. The predicted octanol–water partition coefficient (Wildman–Crippen LogP) is 4.02. The van der Waals surface area contributed by atoms with E-state index < -0.39 is 5.60 Å². The molecule has 25 heavy (non-hydrogen) atoms. The Morgan fingerprint density at radius 1 is 1.28 bits per heavy atom. The van der Waals surface area contributed by atoms with Crippen LogP contribution in [0.5, 0.6) is 0 Å². The van der Waals surface area contributed by atoms with Gasteiger partial charge in [0.1, 0.15) is 12.2 Å². The molecule has 0 aromatic heterocycles. The zero-order valence-corrected chi connectivity index (χ0v) is 15.1. The van der Waals surface area contributed by atoms with E-state index in [1.165, 1.54) is 0 Å². The van der Waals surface area contributed by atoms with Gasteiger partial charge in [-0.1, -0.05) is 18.2 Å². The van der Waals surface area contributed by atoms with Gasteiger partial charge in [0.2, 0.25) is 0 Å². The Kier molecular flexibility index (Phi) is 4.84. The van der Waals surface area contributed by atoms with E-state index >= 15 is 0 Å². The molecule has 134 valence electrons. The summed E-state index contributed by atoms with van der Waals surface area (Å²) in [6.45, 7) is 7.46. The van der Waals surface area contributed by atoms with E-state index in [1.807, 2.05) is 39.0 Å². The number of esters is 1. The molecular formula is C20H25NO4. The van der Waals surface area contributed by atoms with Crippen molar-refractivity contribution >= 4 is 18.1 Å². The van der Waals surface area contributed by atoms with E-state index in [0.717, 1.165) is 37.1 Å². The average Bonchev–Trinajstić information content (AvgIpc) is 2.92. The van der Waals surface area contributed by atoms with Gasteiger partial charge in [0.05, 0.1) is 5.56 Å². The minimum atomic E-state index is -0.452. The average molecular weight is 343 g/mol. The van der Waals surface area contributed by atoms with Crippen molar-refractivity contribution < 1.29 is 19.1 Å². The summed E-state index contributed by atoms with van der Waals surface area (Å²) in [5.74, 6) is 0.213. The second-order valence-electron chi connectivity index (χ2n) is 7.66. The first-order valence-corrected chi connectivity index (χ1v) is 8.78. The number of carbonyl (C=O) groups is 2. The highest BCUT2D eigenvalue weighted by molar-refractivity contribution is 5.93. The summed E-state index contributed by atoms with van der Waals surface area (Å²) in [5, 5.41) is 0. The van der Waals surface area contributed by atoms with Crippen LogP contribution in [0, 0.1) is 5.92 Å². The summed E-state index contributed by atoms with van der Waals surface area (Å²) in [5.41, 5.74) is 2.24. The largest absolute Gasteiger partial charge is 0.457 e. The van der Waals surface area contributed by atoms with Gasteiger partial charge in [-0.3, -0.25) is 0 Å². The summed E-state index contributed by atoms with van der Waals surface area (Å²) >= 11 is 0. The van der Waals surface area contributed by atoms with Crippen molar-refractivity contribution in [2.75, 3.05) is 13.1 Å². The minimum absolute atomic E-state index is 0.224. The maximum absolute atomic E-state index is 12.1. The van der Waals surface area contributed by atoms with Crippen molar-refractivity contribution in [2.24, 2.45) is 5.92 Å². The van der Waals surface area contributed by atoms with Crippen molar-refractivity contribution in [2.45, 2.75) is 45.8 Å². The molecule has 0 radical (unpaired) electrons. The van der Waals surface area contributed by atoms with Crippen LogP contribution in [-0.4, -0.2) is 35.7 Å². The molecule has 0 spiro atoms. The number of rotatable bonds is 2. The topological polar surface area (TPSA) is 55.8 Å². The molecule has 0 saturated carbocycles. The number of fused-ring (bicyclic) bond motifs is 1. The molecule has 3 rings (SSSR count). The first kappa shape index (κ1) is 17.5. The van der Waals surface area contributed by atoms with Crippen molar-refractivity contribution in [3.63, 3.8) is 0 Å². The van der Waals surface area contributed by atoms with Gasteiger partial charge in [-0.05, 0) is 57.2 Å². The van der Waals surface area contributed by atoms with Crippen molar-refractivity contribution in [3.05, 3.63) is 41.0 Å². The normalized spacial score (nSPS) is 18.4. The Morgan fingerprint density at radius 2 is 2.00 bits per heavy atom. The summed E-state index contributed by atoms with van der Waals surface area (Å²) in [6, 6.07) is 5.78. The molecule has 1 saturated heterocycles. The van der Waals surface area contributed by atoms with E-state index in [2.05, 4.69) is 12.2 Å². The van der Waals surface area contributed by atoms with Gasteiger partial charge in [-0.15, -0.1) is 0 Å². The smallest absolute Gasteiger partial charge is 0.410 e. The van der Waals surface area contributed by atoms with E-state index in [0.29, 0.717) is 18.1 Å². The molecule has 5 heteroatoms. The lowest BCUT2D eigenvalue weighted by Gasteiger charge is -2.32. The Balaban J connectivity index is 1.53. The molecule has 1 amide bonds. The van der Waals surface area contributed by atoms with Crippen molar-refractivity contribution in [1.29, 1.82) is 0 Å². The first-order chi connectivity index (χ1) is 11.8. The lowest BCUT2D eigenvalue weighted by molar-refractivity contribution is 0.0197. The molecule has 0 aliphatic carbocycles. The van der Waals surface area contributed by atoms with Gasteiger partial charge < -0.3 is 14.4 Å². The van der Waals surface area contributed by atoms with Crippen LogP contribution in [0.25, 0.3) is 6.08 Å². The number of cyclic esters (lactones) is 1. The third kappa shape index (κ3) is 4.41. The number of benzene rings is 1. The maximum atomic E-state index is 12.1. The fourth-order valence-electron chi connectivity index (χ4n) is 3.11. The van der Waals surface area contributed by atoms with Crippen LogP contribution < -0.4 is 0 Å². The zero-order valence-electron chi connectivity index (χ0n) is 15.1. The Labute approximate surface area is 148 Å². The second kappa shape index (κ2) is 6.90. The fraction of sp³-hybridized carbons (Fsp3) is 0.500. The molecule has 1 fully saturated rings. The highest BCUT2D eigenvalue weighted by Gasteiger charge is 2.26. The number of amides is 1. The van der Waals surface area contributed by atoms with Gasteiger partial charge in [0, 0.05) is 18.7 Å². The Morgan fingerprint density at radius 3 is 2.68 bits per heavy atom. The number of nitrogens with zero attached hydrogens (tertiary/aromatic N) is 1. The fourth-order valence-corrected chi connectivity index (χ4v) is 3.11. The van der Waals surface area contributed by atoms with Crippen LogP contribution in [0.15, 0.2) is 24.3 Å². The molecule has 5 nitrogen and oxygen atoms in total. The lowest BCUT2D eigenvalue weighted by atomic mass is 9.95. The molecule has 1 aromatic rings. The molecule has 0 atom stereocenters. The van der Waals surface area contributed by atoms with Crippen molar-refractivity contribution in [3.8, 4) is 0 Å². The molecule has 2 heterocycles. The van der Waals surface area contributed by atoms with E-state index in [1.54, 1.807) is 4.90 Å². The summed E-state index contributed by atoms with van der Waals surface area (Å²) in [7, 11) is 0. The van der Waals surface area contributed by atoms with Gasteiger partial charge in [-0.25, -0.2) is 9.59 Å². The summed E-state index contributed by atoms with van der Waals surface area (Å²) in [4.78, 5) is 25.3. The molecule has 1 aromatic carbocycles. The Hall–Kier alpha value is -2.30. The van der Waals surface area contributed by atoms with Crippen LogP contribution in [0.1, 0.15) is 55.1 Å². The molecule has 2 aliphatic heterocycles. The zero-order chi connectivity index (χ0) is 18.0.